The number of aromatic nitrogens is 2. The number of hydrogen-bond donors (Lipinski definition) is 0. The SMILES string of the molecule is CCC(C)Sc1nc2cc(Cl)ccc2c(=O)n1Cc1ccco1. The standard InChI is InChI=1S/C17H17ClN2O2S/c1-3-11(2)23-17-19-15-9-12(18)6-7-14(15)16(21)20(17)10-13-5-4-8-22-13/h4-9,11H,3,10H2,1-2H3. The Bertz CT molecular complexity index is 874. The summed E-state index contributed by atoms with van der Waals surface area (Å²) in [6, 6.07) is 8.84. The van der Waals surface area contributed by atoms with Crippen molar-refractivity contribution in [3.63, 3.8) is 0 Å². The lowest BCUT2D eigenvalue weighted by atomic mass is 10.2. The fourth-order valence-corrected chi connectivity index (χ4v) is 3.34. The van der Waals surface area contributed by atoms with E-state index in [1.807, 2.05) is 12.1 Å². The number of benzene rings is 1. The van der Waals surface area contributed by atoms with Gasteiger partial charge in [0.05, 0.1) is 23.7 Å². The van der Waals surface area contributed by atoms with Crippen LogP contribution in [0.2, 0.25) is 5.02 Å². The van der Waals surface area contributed by atoms with Gasteiger partial charge in [0, 0.05) is 10.3 Å². The van der Waals surface area contributed by atoms with Crippen LogP contribution in [0.25, 0.3) is 10.9 Å². The molecule has 3 rings (SSSR count). The Labute approximate surface area is 143 Å². The molecule has 3 aromatic rings. The van der Waals surface area contributed by atoms with Crippen molar-refractivity contribution >= 4 is 34.3 Å². The van der Waals surface area contributed by atoms with E-state index in [9.17, 15) is 4.79 Å². The zero-order chi connectivity index (χ0) is 16.4. The van der Waals surface area contributed by atoms with Crippen LogP contribution in [0.5, 0.6) is 0 Å². The molecule has 1 aromatic carbocycles. The van der Waals surface area contributed by atoms with Gasteiger partial charge in [-0.25, -0.2) is 4.98 Å². The highest BCUT2D eigenvalue weighted by Crippen LogP contribution is 2.25. The maximum atomic E-state index is 12.9. The van der Waals surface area contributed by atoms with E-state index in [0.29, 0.717) is 32.9 Å². The van der Waals surface area contributed by atoms with Crippen molar-refractivity contribution in [1.29, 1.82) is 0 Å². The van der Waals surface area contributed by atoms with Gasteiger partial charge in [-0.1, -0.05) is 37.2 Å². The van der Waals surface area contributed by atoms with E-state index in [1.54, 1.807) is 40.8 Å². The minimum absolute atomic E-state index is 0.0751. The van der Waals surface area contributed by atoms with Crippen molar-refractivity contribution in [1.82, 2.24) is 9.55 Å². The van der Waals surface area contributed by atoms with Crippen LogP contribution in [0.3, 0.4) is 0 Å². The summed E-state index contributed by atoms with van der Waals surface area (Å²) in [5.74, 6) is 0.730. The van der Waals surface area contributed by atoms with Crippen molar-refractivity contribution in [3.8, 4) is 0 Å². The molecule has 1 atom stereocenters. The predicted molar refractivity (Wildman–Crippen MR) is 94.4 cm³/mol. The molecule has 120 valence electrons. The second kappa shape index (κ2) is 6.81. The molecule has 0 aliphatic carbocycles. The Hall–Kier alpha value is -1.72. The fourth-order valence-electron chi connectivity index (χ4n) is 2.22. The number of hydrogen-bond acceptors (Lipinski definition) is 4. The molecular weight excluding hydrogens is 332 g/mol. The Kier molecular flexibility index (Phi) is 4.78. The highest BCUT2D eigenvalue weighted by molar-refractivity contribution is 7.99. The number of rotatable bonds is 5. The van der Waals surface area contributed by atoms with E-state index in [0.717, 1.165) is 12.2 Å². The molecule has 2 heterocycles. The largest absolute Gasteiger partial charge is 0.467 e. The lowest BCUT2D eigenvalue weighted by molar-refractivity contribution is 0.476. The molecule has 0 spiro atoms. The molecule has 0 aliphatic rings. The minimum Gasteiger partial charge on any atom is -0.467 e. The third kappa shape index (κ3) is 3.46. The van der Waals surface area contributed by atoms with Crippen LogP contribution < -0.4 is 5.56 Å². The molecule has 0 radical (unpaired) electrons. The minimum atomic E-state index is -0.0751. The normalized spacial score (nSPS) is 12.7. The van der Waals surface area contributed by atoms with E-state index in [-0.39, 0.29) is 5.56 Å². The number of halogens is 1. The van der Waals surface area contributed by atoms with Crippen LogP contribution in [0.4, 0.5) is 0 Å². The second-order valence-corrected chi connectivity index (χ2v) is 7.21. The molecule has 0 saturated heterocycles. The third-order valence-corrected chi connectivity index (χ3v) is 5.15. The van der Waals surface area contributed by atoms with Crippen LogP contribution in [-0.2, 0) is 6.54 Å². The summed E-state index contributed by atoms with van der Waals surface area (Å²) in [6.45, 7) is 4.61. The molecule has 6 heteroatoms. The van der Waals surface area contributed by atoms with E-state index < -0.39 is 0 Å². The zero-order valence-electron chi connectivity index (χ0n) is 13.0. The number of fused-ring (bicyclic) bond motifs is 1. The van der Waals surface area contributed by atoms with Crippen molar-refractivity contribution in [2.75, 3.05) is 0 Å². The van der Waals surface area contributed by atoms with Gasteiger partial charge >= 0.3 is 0 Å². The smallest absolute Gasteiger partial charge is 0.262 e. The van der Waals surface area contributed by atoms with Gasteiger partial charge in [0.2, 0.25) is 0 Å². The Morgan fingerprint density at radius 2 is 2.22 bits per heavy atom. The van der Waals surface area contributed by atoms with Gasteiger partial charge in [-0.3, -0.25) is 9.36 Å². The molecule has 0 fully saturated rings. The topological polar surface area (TPSA) is 48.0 Å². The summed E-state index contributed by atoms with van der Waals surface area (Å²) < 4.78 is 7.06. The first kappa shape index (κ1) is 16.1. The summed E-state index contributed by atoms with van der Waals surface area (Å²) in [7, 11) is 0. The van der Waals surface area contributed by atoms with Crippen LogP contribution in [0.1, 0.15) is 26.0 Å². The first-order valence-corrected chi connectivity index (χ1v) is 8.73. The average Bonchev–Trinajstić information content (AvgIpc) is 3.03. The predicted octanol–water partition coefficient (Wildman–Crippen LogP) is 4.58. The molecule has 0 N–H and O–H groups in total. The summed E-state index contributed by atoms with van der Waals surface area (Å²) >= 11 is 7.63. The second-order valence-electron chi connectivity index (χ2n) is 5.36. The maximum Gasteiger partial charge on any atom is 0.262 e. The van der Waals surface area contributed by atoms with E-state index in [2.05, 4.69) is 18.8 Å². The number of thioether (sulfide) groups is 1. The maximum absolute atomic E-state index is 12.9. The van der Waals surface area contributed by atoms with E-state index in [4.69, 9.17) is 16.0 Å². The van der Waals surface area contributed by atoms with E-state index in [1.165, 1.54) is 0 Å². The highest BCUT2D eigenvalue weighted by Gasteiger charge is 2.15. The molecule has 4 nitrogen and oxygen atoms in total. The first-order chi connectivity index (χ1) is 11.1. The third-order valence-electron chi connectivity index (χ3n) is 3.66. The summed E-state index contributed by atoms with van der Waals surface area (Å²) in [5.41, 5.74) is 0.554. The quantitative estimate of drug-likeness (QED) is 0.500. The summed E-state index contributed by atoms with van der Waals surface area (Å²) in [5, 5.41) is 2.19. The van der Waals surface area contributed by atoms with Gasteiger partial charge in [0.1, 0.15) is 5.76 Å². The van der Waals surface area contributed by atoms with Gasteiger partial charge in [0.15, 0.2) is 5.16 Å². The number of nitrogens with zero attached hydrogens (tertiary/aromatic N) is 2. The van der Waals surface area contributed by atoms with Gasteiger partial charge in [-0.15, -0.1) is 0 Å². The Morgan fingerprint density at radius 1 is 1.39 bits per heavy atom. The average molecular weight is 349 g/mol. The Balaban J connectivity index is 2.16. The fraction of sp³-hybridized carbons (Fsp3) is 0.294. The lowest BCUT2D eigenvalue weighted by Crippen LogP contribution is -2.24. The van der Waals surface area contributed by atoms with Gasteiger partial charge in [-0.05, 0) is 36.8 Å². The highest BCUT2D eigenvalue weighted by atomic mass is 35.5. The van der Waals surface area contributed by atoms with Crippen molar-refractivity contribution < 1.29 is 4.42 Å². The van der Waals surface area contributed by atoms with Gasteiger partial charge < -0.3 is 4.42 Å². The first-order valence-electron chi connectivity index (χ1n) is 7.47. The van der Waals surface area contributed by atoms with Crippen LogP contribution >= 0.6 is 23.4 Å². The van der Waals surface area contributed by atoms with Gasteiger partial charge in [-0.2, -0.15) is 0 Å². The zero-order valence-corrected chi connectivity index (χ0v) is 14.5. The molecule has 0 saturated carbocycles. The monoisotopic (exact) mass is 348 g/mol. The molecular formula is C17H17ClN2O2S. The molecule has 2 aromatic heterocycles. The lowest BCUT2D eigenvalue weighted by Gasteiger charge is -2.14. The Morgan fingerprint density at radius 3 is 2.91 bits per heavy atom. The van der Waals surface area contributed by atoms with Crippen molar-refractivity contribution in [2.45, 2.75) is 37.2 Å². The van der Waals surface area contributed by atoms with Crippen molar-refractivity contribution in [2.24, 2.45) is 0 Å². The van der Waals surface area contributed by atoms with Crippen LogP contribution in [-0.4, -0.2) is 14.8 Å². The van der Waals surface area contributed by atoms with Crippen LogP contribution in [0, 0.1) is 0 Å². The molecule has 0 amide bonds. The molecule has 1 unspecified atom stereocenters. The van der Waals surface area contributed by atoms with Crippen LogP contribution in [0.15, 0.2) is 51.0 Å². The van der Waals surface area contributed by atoms with Crippen molar-refractivity contribution in [3.05, 3.63) is 57.7 Å². The van der Waals surface area contributed by atoms with Gasteiger partial charge in [0.25, 0.3) is 5.56 Å². The van der Waals surface area contributed by atoms with E-state index >= 15 is 0 Å². The molecule has 23 heavy (non-hydrogen) atoms. The molecule has 0 aliphatic heterocycles. The number of furan rings is 1. The summed E-state index contributed by atoms with van der Waals surface area (Å²) in [4.78, 5) is 17.5. The summed E-state index contributed by atoms with van der Waals surface area (Å²) in [6.07, 6.45) is 2.60. The molecule has 0 bridgehead atoms.